The Balaban J connectivity index is 2.30. The molecule has 1 N–H and O–H groups in total. The number of hydrogen-bond acceptors (Lipinski definition) is 4. The molecule has 0 aromatic heterocycles. The molecule has 0 radical (unpaired) electrons. The van der Waals surface area contributed by atoms with Gasteiger partial charge in [0.2, 0.25) is 5.91 Å². The molecule has 0 aliphatic carbocycles. The maximum absolute atomic E-state index is 11.9. The number of carbonyl (C=O) groups is 2. The predicted octanol–water partition coefficient (Wildman–Crippen LogP) is 0.675. The van der Waals surface area contributed by atoms with Crippen LogP contribution in [0, 0.1) is 0 Å². The molecule has 1 rings (SSSR count). The van der Waals surface area contributed by atoms with E-state index in [1.165, 1.54) is 4.90 Å². The van der Waals surface area contributed by atoms with Crippen LogP contribution in [0.3, 0.4) is 0 Å². The molecule has 0 atom stereocenters. The van der Waals surface area contributed by atoms with E-state index in [9.17, 15) is 9.59 Å². The van der Waals surface area contributed by atoms with Gasteiger partial charge >= 0.3 is 6.09 Å². The first-order valence-corrected chi connectivity index (χ1v) is 6.72. The van der Waals surface area contributed by atoms with E-state index < -0.39 is 5.60 Å². The fraction of sp³-hybridized carbons (Fsp3) is 0.846. The monoisotopic (exact) mass is 271 g/mol. The molecule has 1 saturated heterocycles. The van der Waals surface area contributed by atoms with Crippen LogP contribution >= 0.6 is 0 Å². The second kappa shape index (κ2) is 6.75. The third-order valence-electron chi connectivity index (χ3n) is 2.84. The topological polar surface area (TPSA) is 61.9 Å². The molecule has 0 spiro atoms. The van der Waals surface area contributed by atoms with Crippen LogP contribution in [0.4, 0.5) is 4.79 Å². The molecular weight excluding hydrogens is 246 g/mol. The predicted molar refractivity (Wildman–Crippen MR) is 72.9 cm³/mol. The van der Waals surface area contributed by atoms with Crippen molar-refractivity contribution in [1.29, 1.82) is 0 Å². The first-order chi connectivity index (χ1) is 8.79. The zero-order chi connectivity index (χ0) is 14.5. The van der Waals surface area contributed by atoms with E-state index in [-0.39, 0.29) is 12.0 Å². The number of hydrogen-bond donors (Lipinski definition) is 1. The molecule has 110 valence electrons. The van der Waals surface area contributed by atoms with Gasteiger partial charge in [-0.2, -0.15) is 0 Å². The second-order valence-electron chi connectivity index (χ2n) is 5.78. The fourth-order valence-electron chi connectivity index (χ4n) is 1.77. The smallest absolute Gasteiger partial charge is 0.410 e. The van der Waals surface area contributed by atoms with Crippen molar-refractivity contribution in [1.82, 2.24) is 15.1 Å². The number of nitrogens with zero attached hydrogens (tertiary/aromatic N) is 2. The molecule has 0 aromatic rings. The average Bonchev–Trinajstić information content (AvgIpc) is 2.34. The van der Waals surface area contributed by atoms with Crippen molar-refractivity contribution in [2.75, 3.05) is 39.8 Å². The summed E-state index contributed by atoms with van der Waals surface area (Å²) >= 11 is 0. The summed E-state index contributed by atoms with van der Waals surface area (Å²) in [6.45, 7) is 9.03. The number of nitrogens with one attached hydrogen (secondary N) is 1. The van der Waals surface area contributed by atoms with Crippen molar-refractivity contribution in [3.63, 3.8) is 0 Å². The molecule has 2 amide bonds. The molecule has 19 heavy (non-hydrogen) atoms. The lowest BCUT2D eigenvalue weighted by Crippen LogP contribution is -2.47. The first-order valence-electron chi connectivity index (χ1n) is 6.72. The molecule has 1 aliphatic rings. The lowest BCUT2D eigenvalue weighted by atomic mass is 10.2. The summed E-state index contributed by atoms with van der Waals surface area (Å²) in [5.74, 6) is 0.0944. The fourth-order valence-corrected chi connectivity index (χ4v) is 1.77. The number of amides is 2. The minimum atomic E-state index is -0.506. The zero-order valence-electron chi connectivity index (χ0n) is 12.4. The Kier molecular flexibility index (Phi) is 5.60. The van der Waals surface area contributed by atoms with E-state index in [2.05, 4.69) is 5.32 Å². The van der Waals surface area contributed by atoms with Gasteiger partial charge in [0.05, 0.1) is 0 Å². The molecule has 0 aromatic carbocycles. The van der Waals surface area contributed by atoms with E-state index in [0.717, 1.165) is 26.2 Å². The number of piperazine rings is 1. The van der Waals surface area contributed by atoms with Crippen LogP contribution in [0.1, 0.15) is 27.2 Å². The Bertz CT molecular complexity index is 320. The van der Waals surface area contributed by atoms with E-state index in [1.54, 1.807) is 7.05 Å². The van der Waals surface area contributed by atoms with E-state index in [0.29, 0.717) is 13.0 Å². The Morgan fingerprint density at radius 1 is 1.26 bits per heavy atom. The SMILES string of the molecule is CN(CCC(=O)N1CCNCC1)C(=O)OC(C)(C)C. The normalized spacial score (nSPS) is 16.1. The van der Waals surface area contributed by atoms with Crippen LogP contribution in [-0.4, -0.2) is 67.2 Å². The highest BCUT2D eigenvalue weighted by atomic mass is 16.6. The highest BCUT2D eigenvalue weighted by Gasteiger charge is 2.21. The van der Waals surface area contributed by atoms with Gasteiger partial charge in [0.1, 0.15) is 5.60 Å². The maximum atomic E-state index is 11.9. The molecule has 0 saturated carbocycles. The summed E-state index contributed by atoms with van der Waals surface area (Å²) in [6, 6.07) is 0. The molecule has 0 bridgehead atoms. The summed E-state index contributed by atoms with van der Waals surface area (Å²) in [6.07, 6.45) is -0.0453. The van der Waals surface area contributed by atoms with Gasteiger partial charge in [0, 0.05) is 46.2 Å². The highest BCUT2D eigenvalue weighted by Crippen LogP contribution is 2.09. The maximum Gasteiger partial charge on any atom is 0.410 e. The molecule has 6 heteroatoms. The number of ether oxygens (including phenoxy) is 1. The minimum Gasteiger partial charge on any atom is -0.444 e. The van der Waals surface area contributed by atoms with E-state index >= 15 is 0 Å². The van der Waals surface area contributed by atoms with Gasteiger partial charge < -0.3 is 19.9 Å². The standard InChI is InChI=1S/C13H25N3O3/c1-13(2,3)19-12(18)15(4)8-5-11(17)16-9-6-14-7-10-16/h14H,5-10H2,1-4H3. The van der Waals surface area contributed by atoms with Crippen LogP contribution in [-0.2, 0) is 9.53 Å². The lowest BCUT2D eigenvalue weighted by molar-refractivity contribution is -0.131. The van der Waals surface area contributed by atoms with Crippen molar-refractivity contribution < 1.29 is 14.3 Å². The van der Waals surface area contributed by atoms with Crippen molar-refractivity contribution in [3.8, 4) is 0 Å². The van der Waals surface area contributed by atoms with Gasteiger partial charge in [-0.15, -0.1) is 0 Å². The summed E-state index contributed by atoms with van der Waals surface area (Å²) in [5.41, 5.74) is -0.506. The Labute approximate surface area is 115 Å². The second-order valence-corrected chi connectivity index (χ2v) is 5.78. The average molecular weight is 271 g/mol. The third-order valence-corrected chi connectivity index (χ3v) is 2.84. The molecule has 1 fully saturated rings. The van der Waals surface area contributed by atoms with Crippen LogP contribution < -0.4 is 5.32 Å². The summed E-state index contributed by atoms with van der Waals surface area (Å²) in [4.78, 5) is 26.9. The first kappa shape index (κ1) is 15.8. The van der Waals surface area contributed by atoms with Crippen molar-refractivity contribution in [2.45, 2.75) is 32.8 Å². The Hall–Kier alpha value is -1.30. The van der Waals surface area contributed by atoms with Gasteiger partial charge in [0.25, 0.3) is 0 Å². The Morgan fingerprint density at radius 2 is 1.84 bits per heavy atom. The van der Waals surface area contributed by atoms with Crippen molar-refractivity contribution in [2.24, 2.45) is 0 Å². The lowest BCUT2D eigenvalue weighted by Gasteiger charge is -2.28. The minimum absolute atomic E-state index is 0.0944. The van der Waals surface area contributed by atoms with Crippen LogP contribution in [0.5, 0.6) is 0 Å². The number of carbonyl (C=O) groups excluding carboxylic acids is 2. The number of rotatable bonds is 3. The van der Waals surface area contributed by atoms with Crippen molar-refractivity contribution >= 4 is 12.0 Å². The van der Waals surface area contributed by atoms with Gasteiger partial charge in [-0.05, 0) is 20.8 Å². The molecule has 1 aliphatic heterocycles. The van der Waals surface area contributed by atoms with Gasteiger partial charge in [0.15, 0.2) is 0 Å². The molecule has 6 nitrogen and oxygen atoms in total. The Morgan fingerprint density at radius 3 is 2.37 bits per heavy atom. The highest BCUT2D eigenvalue weighted by molar-refractivity contribution is 5.77. The summed E-state index contributed by atoms with van der Waals surface area (Å²) < 4.78 is 5.23. The van der Waals surface area contributed by atoms with Gasteiger partial charge in [-0.25, -0.2) is 4.79 Å². The van der Waals surface area contributed by atoms with Crippen LogP contribution in [0.25, 0.3) is 0 Å². The van der Waals surface area contributed by atoms with E-state index in [4.69, 9.17) is 4.74 Å². The quantitative estimate of drug-likeness (QED) is 0.820. The largest absolute Gasteiger partial charge is 0.444 e. The zero-order valence-corrected chi connectivity index (χ0v) is 12.4. The molecule has 0 unspecified atom stereocenters. The van der Waals surface area contributed by atoms with Crippen molar-refractivity contribution in [3.05, 3.63) is 0 Å². The summed E-state index contributed by atoms with van der Waals surface area (Å²) in [7, 11) is 1.65. The molecule has 1 heterocycles. The van der Waals surface area contributed by atoms with Crippen LogP contribution in [0.15, 0.2) is 0 Å². The summed E-state index contributed by atoms with van der Waals surface area (Å²) in [5, 5.41) is 3.20. The van der Waals surface area contributed by atoms with Gasteiger partial charge in [-0.1, -0.05) is 0 Å². The third kappa shape index (κ3) is 5.92. The van der Waals surface area contributed by atoms with E-state index in [1.807, 2.05) is 25.7 Å². The molecular formula is C13H25N3O3. The van der Waals surface area contributed by atoms with Gasteiger partial charge in [-0.3, -0.25) is 4.79 Å². The van der Waals surface area contributed by atoms with Crippen LogP contribution in [0.2, 0.25) is 0 Å².